The Labute approximate surface area is 158 Å². The van der Waals surface area contributed by atoms with E-state index in [9.17, 15) is 9.59 Å². The Balaban J connectivity index is 1.91. The van der Waals surface area contributed by atoms with Crippen LogP contribution in [0.1, 0.15) is 36.2 Å². The molecule has 1 amide bonds. The molecule has 0 aromatic heterocycles. The average Bonchev–Trinajstić information content (AvgIpc) is 2.79. The van der Waals surface area contributed by atoms with Crippen molar-refractivity contribution in [3.8, 4) is 5.75 Å². The summed E-state index contributed by atoms with van der Waals surface area (Å²) in [5.41, 5.74) is 2.30. The van der Waals surface area contributed by atoms with Gasteiger partial charge in [-0.25, -0.2) is 0 Å². The minimum atomic E-state index is -0.0216. The number of ether oxygens (including phenoxy) is 1. The molecule has 1 heterocycles. The van der Waals surface area contributed by atoms with Crippen molar-refractivity contribution in [2.45, 2.75) is 36.8 Å². The number of amides is 1. The number of ketones is 1. The summed E-state index contributed by atoms with van der Waals surface area (Å²) in [5, 5.41) is 0.463. The van der Waals surface area contributed by atoms with Gasteiger partial charge >= 0.3 is 0 Å². The van der Waals surface area contributed by atoms with E-state index in [-0.39, 0.29) is 18.1 Å². The molecule has 1 aliphatic heterocycles. The van der Waals surface area contributed by atoms with E-state index in [1.54, 1.807) is 25.3 Å². The van der Waals surface area contributed by atoms with Gasteiger partial charge in [-0.15, -0.1) is 11.8 Å². The molecule has 2 aromatic rings. The van der Waals surface area contributed by atoms with Crippen molar-refractivity contribution in [3.05, 3.63) is 53.6 Å². The maximum Gasteiger partial charge on any atom is 0.231 e. The van der Waals surface area contributed by atoms with Crippen LogP contribution in [0.2, 0.25) is 0 Å². The number of para-hydroxylation sites is 1. The topological polar surface area (TPSA) is 46.6 Å². The molecule has 0 saturated heterocycles. The van der Waals surface area contributed by atoms with E-state index >= 15 is 0 Å². The van der Waals surface area contributed by atoms with Gasteiger partial charge in [-0.3, -0.25) is 9.59 Å². The summed E-state index contributed by atoms with van der Waals surface area (Å²) in [6, 6.07) is 13.3. The number of carbonyl (C=O) groups excluding carboxylic acids is 2. The molecule has 4 nitrogen and oxygen atoms in total. The van der Waals surface area contributed by atoms with Crippen LogP contribution in [-0.2, 0) is 11.2 Å². The average molecular weight is 369 g/mol. The smallest absolute Gasteiger partial charge is 0.231 e. The molecule has 0 unspecified atom stereocenters. The van der Waals surface area contributed by atoms with Crippen LogP contribution >= 0.6 is 11.8 Å². The molecule has 0 spiro atoms. The Bertz CT molecular complexity index is 834. The first kappa shape index (κ1) is 18.5. The Kier molecular flexibility index (Phi) is 5.67. The molecule has 1 atom stereocenters. The molecule has 2 aromatic carbocycles. The van der Waals surface area contributed by atoms with Crippen LogP contribution in [0.15, 0.2) is 47.4 Å². The first-order valence-corrected chi connectivity index (χ1v) is 9.61. The minimum Gasteiger partial charge on any atom is -0.496 e. The zero-order valence-electron chi connectivity index (χ0n) is 15.3. The van der Waals surface area contributed by atoms with Crippen molar-refractivity contribution < 1.29 is 14.3 Å². The lowest BCUT2D eigenvalue weighted by molar-refractivity contribution is -0.118. The van der Waals surface area contributed by atoms with Crippen molar-refractivity contribution >= 4 is 29.1 Å². The zero-order valence-corrected chi connectivity index (χ0v) is 16.1. The molecular formula is C21H23NO3S. The second kappa shape index (κ2) is 7.96. The molecule has 136 valence electrons. The van der Waals surface area contributed by atoms with Crippen LogP contribution < -0.4 is 9.64 Å². The van der Waals surface area contributed by atoms with Gasteiger partial charge in [0.05, 0.1) is 19.2 Å². The van der Waals surface area contributed by atoms with E-state index in [0.29, 0.717) is 23.1 Å². The highest BCUT2D eigenvalue weighted by Crippen LogP contribution is 2.37. The second-order valence-electron chi connectivity index (χ2n) is 6.49. The monoisotopic (exact) mass is 369 g/mol. The molecule has 0 fully saturated rings. The first-order chi connectivity index (χ1) is 12.5. The molecule has 1 aliphatic rings. The van der Waals surface area contributed by atoms with Crippen molar-refractivity contribution in [1.82, 2.24) is 0 Å². The summed E-state index contributed by atoms with van der Waals surface area (Å²) in [7, 11) is 1.58. The summed E-state index contributed by atoms with van der Waals surface area (Å²) in [5.74, 6) is 0.632. The molecular weight excluding hydrogens is 346 g/mol. The maximum atomic E-state index is 13.1. The fraction of sp³-hybridized carbons (Fsp3) is 0.333. The number of anilines is 1. The standard InChI is InChI=1S/C21H23NO3S/c1-14-10-11-22(18-6-4-5-7-20(18)26-14)21(24)13-17-12-16(15(2)23)8-9-19(17)25-3/h4-9,12,14H,10-11,13H2,1-3H3/t14-/m1/s1. The fourth-order valence-electron chi connectivity index (χ4n) is 3.14. The van der Waals surface area contributed by atoms with E-state index in [1.165, 1.54) is 6.92 Å². The maximum absolute atomic E-state index is 13.1. The van der Waals surface area contributed by atoms with Gasteiger partial charge in [0.25, 0.3) is 0 Å². The van der Waals surface area contributed by atoms with Gasteiger partial charge in [0.15, 0.2) is 5.78 Å². The summed E-state index contributed by atoms with van der Waals surface area (Å²) in [4.78, 5) is 27.8. The van der Waals surface area contributed by atoms with Gasteiger partial charge in [-0.1, -0.05) is 19.1 Å². The van der Waals surface area contributed by atoms with Crippen molar-refractivity contribution in [2.24, 2.45) is 0 Å². The van der Waals surface area contributed by atoms with Crippen LogP contribution in [0.5, 0.6) is 5.75 Å². The third-order valence-electron chi connectivity index (χ3n) is 4.57. The highest BCUT2D eigenvalue weighted by Gasteiger charge is 2.25. The molecule has 26 heavy (non-hydrogen) atoms. The number of methoxy groups -OCH3 is 1. The van der Waals surface area contributed by atoms with Crippen LogP contribution in [0.25, 0.3) is 0 Å². The van der Waals surface area contributed by atoms with E-state index in [0.717, 1.165) is 22.6 Å². The predicted octanol–water partition coefficient (Wildman–Crippen LogP) is 4.36. The number of hydrogen-bond donors (Lipinski definition) is 0. The van der Waals surface area contributed by atoms with E-state index < -0.39 is 0 Å². The summed E-state index contributed by atoms with van der Waals surface area (Å²) in [6.07, 6.45) is 1.15. The van der Waals surface area contributed by atoms with Crippen LogP contribution in [0.4, 0.5) is 5.69 Å². The number of thioether (sulfide) groups is 1. The van der Waals surface area contributed by atoms with Gasteiger partial charge in [-0.2, -0.15) is 0 Å². The second-order valence-corrected chi connectivity index (χ2v) is 7.97. The Hall–Kier alpha value is -2.27. The van der Waals surface area contributed by atoms with Crippen molar-refractivity contribution in [1.29, 1.82) is 0 Å². The predicted molar refractivity (Wildman–Crippen MR) is 105 cm³/mol. The zero-order chi connectivity index (χ0) is 18.7. The van der Waals surface area contributed by atoms with Gasteiger partial charge in [0, 0.05) is 27.8 Å². The third-order valence-corrected chi connectivity index (χ3v) is 5.81. The van der Waals surface area contributed by atoms with Gasteiger partial charge in [-0.05, 0) is 43.7 Å². The van der Waals surface area contributed by atoms with Gasteiger partial charge in [0.1, 0.15) is 5.75 Å². The molecule has 0 bridgehead atoms. The van der Waals surface area contributed by atoms with E-state index in [4.69, 9.17) is 4.74 Å². The molecule has 3 rings (SSSR count). The number of fused-ring (bicyclic) bond motifs is 1. The van der Waals surface area contributed by atoms with Crippen LogP contribution in [-0.4, -0.2) is 30.6 Å². The SMILES string of the molecule is COc1ccc(C(C)=O)cc1CC(=O)N1CC[C@@H](C)Sc2ccccc21. The molecule has 0 radical (unpaired) electrons. The Morgan fingerprint density at radius 3 is 2.73 bits per heavy atom. The van der Waals surface area contributed by atoms with Gasteiger partial charge < -0.3 is 9.64 Å². The van der Waals surface area contributed by atoms with E-state index in [1.807, 2.05) is 34.9 Å². The largest absolute Gasteiger partial charge is 0.496 e. The molecule has 0 N–H and O–H groups in total. The number of rotatable bonds is 4. The minimum absolute atomic E-state index is 0.0196. The number of carbonyl (C=O) groups is 2. The number of Topliss-reactive ketones (excluding diaryl/α,β-unsaturated/α-hetero) is 1. The lowest BCUT2D eigenvalue weighted by Crippen LogP contribution is -2.33. The van der Waals surface area contributed by atoms with Gasteiger partial charge in [0.2, 0.25) is 5.91 Å². The van der Waals surface area contributed by atoms with Crippen molar-refractivity contribution in [3.63, 3.8) is 0 Å². The lowest BCUT2D eigenvalue weighted by atomic mass is 10.0. The number of nitrogens with zero attached hydrogens (tertiary/aromatic N) is 1. The van der Waals surface area contributed by atoms with E-state index in [2.05, 4.69) is 13.0 Å². The number of hydrogen-bond acceptors (Lipinski definition) is 4. The molecule has 5 heteroatoms. The van der Waals surface area contributed by atoms with Crippen molar-refractivity contribution in [2.75, 3.05) is 18.6 Å². The summed E-state index contributed by atoms with van der Waals surface area (Å²) in [6.45, 7) is 4.41. The summed E-state index contributed by atoms with van der Waals surface area (Å²) >= 11 is 1.81. The first-order valence-electron chi connectivity index (χ1n) is 8.73. The fourth-order valence-corrected chi connectivity index (χ4v) is 4.25. The van der Waals surface area contributed by atoms with Crippen LogP contribution in [0, 0.1) is 0 Å². The molecule has 0 saturated carbocycles. The normalized spacial score (nSPS) is 16.6. The highest BCUT2D eigenvalue weighted by molar-refractivity contribution is 8.00. The quantitative estimate of drug-likeness (QED) is 0.752. The number of benzene rings is 2. The molecule has 0 aliphatic carbocycles. The lowest BCUT2D eigenvalue weighted by Gasteiger charge is -2.23. The Morgan fingerprint density at radius 2 is 2.00 bits per heavy atom. The Morgan fingerprint density at radius 1 is 1.23 bits per heavy atom. The highest BCUT2D eigenvalue weighted by atomic mass is 32.2. The summed E-state index contributed by atoms with van der Waals surface area (Å²) < 4.78 is 5.39. The third kappa shape index (κ3) is 3.93. The van der Waals surface area contributed by atoms with Crippen LogP contribution in [0.3, 0.4) is 0 Å².